The Hall–Kier alpha value is -4.11. The van der Waals surface area contributed by atoms with Gasteiger partial charge in [-0.2, -0.15) is 0 Å². The number of anilines is 1. The number of thiazole rings is 1. The van der Waals surface area contributed by atoms with Crippen molar-refractivity contribution in [3.05, 3.63) is 87.9 Å². The molecule has 1 unspecified atom stereocenters. The Morgan fingerprint density at radius 2 is 1.94 bits per heavy atom. The highest BCUT2D eigenvalue weighted by atomic mass is 32.1. The standard InChI is InChI=1S/C24H18N4O4S/c1-15-24(29)27(13-16-5-8-18(9-6-16)28(30)31)21-12-17(7-10-22(21)32-15)20-14-33-23(26-20)19-4-2-3-11-25-19/h2-12,14-15H,13H2,1H3. The van der Waals surface area contributed by atoms with Crippen molar-refractivity contribution >= 4 is 28.6 Å². The van der Waals surface area contributed by atoms with E-state index < -0.39 is 11.0 Å². The van der Waals surface area contributed by atoms with Gasteiger partial charge in [0.2, 0.25) is 0 Å². The fraction of sp³-hybridized carbons (Fsp3) is 0.125. The summed E-state index contributed by atoms with van der Waals surface area (Å²) >= 11 is 1.50. The predicted molar refractivity (Wildman–Crippen MR) is 125 cm³/mol. The Labute approximate surface area is 193 Å². The molecule has 33 heavy (non-hydrogen) atoms. The molecule has 0 fully saturated rings. The summed E-state index contributed by atoms with van der Waals surface area (Å²) < 4.78 is 5.82. The number of amides is 1. The van der Waals surface area contributed by atoms with Crippen molar-refractivity contribution in [2.75, 3.05) is 4.90 Å². The van der Waals surface area contributed by atoms with E-state index in [2.05, 4.69) is 4.98 Å². The number of non-ortho nitro benzene ring substituents is 1. The van der Waals surface area contributed by atoms with Crippen LogP contribution in [0.3, 0.4) is 0 Å². The van der Waals surface area contributed by atoms with E-state index in [9.17, 15) is 14.9 Å². The summed E-state index contributed by atoms with van der Waals surface area (Å²) in [4.78, 5) is 34.2. The molecule has 3 heterocycles. The van der Waals surface area contributed by atoms with Gasteiger partial charge in [0.1, 0.15) is 10.8 Å². The molecular formula is C24H18N4O4S. The van der Waals surface area contributed by atoms with Crippen LogP contribution in [0.25, 0.3) is 22.0 Å². The number of fused-ring (bicyclic) bond motifs is 1. The van der Waals surface area contributed by atoms with Gasteiger partial charge in [0.25, 0.3) is 11.6 Å². The van der Waals surface area contributed by atoms with E-state index in [-0.39, 0.29) is 18.1 Å². The largest absolute Gasteiger partial charge is 0.479 e. The minimum absolute atomic E-state index is 0.00958. The molecule has 0 N–H and O–H groups in total. The third kappa shape index (κ3) is 4.06. The molecule has 1 aliphatic heterocycles. The second-order valence-corrected chi connectivity index (χ2v) is 8.40. The summed E-state index contributed by atoms with van der Waals surface area (Å²) in [5.74, 6) is 0.429. The zero-order valence-electron chi connectivity index (χ0n) is 17.5. The second-order valence-electron chi connectivity index (χ2n) is 7.54. The van der Waals surface area contributed by atoms with Gasteiger partial charge in [0.05, 0.1) is 28.5 Å². The molecule has 4 aromatic rings. The summed E-state index contributed by atoms with van der Waals surface area (Å²) in [6.07, 6.45) is 1.10. The molecule has 0 bridgehead atoms. The summed E-state index contributed by atoms with van der Waals surface area (Å²) in [5.41, 5.74) is 3.87. The molecule has 5 rings (SSSR count). The highest BCUT2D eigenvalue weighted by molar-refractivity contribution is 7.13. The quantitative estimate of drug-likeness (QED) is 0.305. The van der Waals surface area contributed by atoms with Gasteiger partial charge in [-0.3, -0.25) is 19.9 Å². The summed E-state index contributed by atoms with van der Waals surface area (Å²) in [5, 5.41) is 13.7. The minimum atomic E-state index is -0.628. The fourth-order valence-electron chi connectivity index (χ4n) is 3.65. The van der Waals surface area contributed by atoms with Crippen LogP contribution in [-0.2, 0) is 11.3 Å². The average Bonchev–Trinajstić information content (AvgIpc) is 3.33. The molecule has 0 spiro atoms. The number of ether oxygens (including phenoxy) is 1. The van der Waals surface area contributed by atoms with E-state index in [1.807, 2.05) is 41.8 Å². The van der Waals surface area contributed by atoms with Gasteiger partial charge >= 0.3 is 0 Å². The van der Waals surface area contributed by atoms with Crippen molar-refractivity contribution in [1.29, 1.82) is 0 Å². The van der Waals surface area contributed by atoms with Crippen LogP contribution in [0.1, 0.15) is 12.5 Å². The molecular weight excluding hydrogens is 440 g/mol. The number of aromatic nitrogens is 2. The number of hydrogen-bond donors (Lipinski definition) is 0. The van der Waals surface area contributed by atoms with Crippen LogP contribution in [0, 0.1) is 10.1 Å². The Morgan fingerprint density at radius 3 is 2.67 bits per heavy atom. The zero-order valence-corrected chi connectivity index (χ0v) is 18.4. The number of nitro benzene ring substituents is 1. The fourth-order valence-corrected chi connectivity index (χ4v) is 4.45. The molecule has 9 heteroatoms. The van der Waals surface area contributed by atoms with E-state index in [1.165, 1.54) is 23.5 Å². The smallest absolute Gasteiger partial charge is 0.269 e. The topological polar surface area (TPSA) is 98.5 Å². The molecule has 1 aliphatic rings. The van der Waals surface area contributed by atoms with Crippen LogP contribution in [0.5, 0.6) is 5.75 Å². The van der Waals surface area contributed by atoms with Gasteiger partial charge in [-0.25, -0.2) is 4.98 Å². The van der Waals surface area contributed by atoms with Gasteiger partial charge < -0.3 is 9.64 Å². The third-order valence-corrected chi connectivity index (χ3v) is 6.20. The van der Waals surface area contributed by atoms with Gasteiger partial charge in [-0.1, -0.05) is 18.2 Å². The van der Waals surface area contributed by atoms with Crippen LogP contribution >= 0.6 is 11.3 Å². The number of carbonyl (C=O) groups is 1. The lowest BCUT2D eigenvalue weighted by atomic mass is 10.1. The van der Waals surface area contributed by atoms with Crippen LogP contribution in [-0.4, -0.2) is 26.9 Å². The maximum atomic E-state index is 13.0. The van der Waals surface area contributed by atoms with Crippen molar-refractivity contribution in [3.63, 3.8) is 0 Å². The monoisotopic (exact) mass is 458 g/mol. The zero-order chi connectivity index (χ0) is 22.9. The molecule has 1 amide bonds. The molecule has 2 aromatic heterocycles. The first-order chi connectivity index (χ1) is 16.0. The van der Waals surface area contributed by atoms with E-state index in [0.717, 1.165) is 27.5 Å². The van der Waals surface area contributed by atoms with Crippen molar-refractivity contribution in [1.82, 2.24) is 9.97 Å². The second kappa shape index (κ2) is 8.44. The molecule has 0 saturated carbocycles. The van der Waals surface area contributed by atoms with Crippen molar-refractivity contribution in [2.24, 2.45) is 0 Å². The predicted octanol–water partition coefficient (Wildman–Crippen LogP) is 5.09. The van der Waals surface area contributed by atoms with Crippen molar-refractivity contribution in [2.45, 2.75) is 19.6 Å². The lowest BCUT2D eigenvalue weighted by molar-refractivity contribution is -0.384. The van der Waals surface area contributed by atoms with Crippen molar-refractivity contribution < 1.29 is 14.5 Å². The highest BCUT2D eigenvalue weighted by Crippen LogP contribution is 2.39. The normalized spacial score (nSPS) is 15.1. The molecule has 0 radical (unpaired) electrons. The van der Waals surface area contributed by atoms with Crippen LogP contribution in [0.2, 0.25) is 0 Å². The minimum Gasteiger partial charge on any atom is -0.479 e. The first-order valence-electron chi connectivity index (χ1n) is 10.2. The van der Waals surface area contributed by atoms with Gasteiger partial charge in [-0.05, 0) is 42.8 Å². The first-order valence-corrected chi connectivity index (χ1v) is 11.1. The van der Waals surface area contributed by atoms with E-state index >= 15 is 0 Å². The highest BCUT2D eigenvalue weighted by Gasteiger charge is 2.32. The average molecular weight is 458 g/mol. The lowest BCUT2D eigenvalue weighted by Gasteiger charge is -2.33. The Kier molecular flexibility index (Phi) is 5.31. The maximum absolute atomic E-state index is 13.0. The number of rotatable bonds is 5. The van der Waals surface area contributed by atoms with Gasteiger partial charge in [0, 0.05) is 29.3 Å². The first kappa shape index (κ1) is 20.8. The number of carbonyl (C=O) groups excluding carboxylic acids is 1. The Morgan fingerprint density at radius 1 is 1.12 bits per heavy atom. The third-order valence-electron chi connectivity index (χ3n) is 5.34. The number of nitrogens with zero attached hydrogens (tertiary/aromatic N) is 4. The van der Waals surface area contributed by atoms with Crippen LogP contribution < -0.4 is 9.64 Å². The van der Waals surface area contributed by atoms with E-state index in [4.69, 9.17) is 9.72 Å². The van der Waals surface area contributed by atoms with E-state index in [1.54, 1.807) is 30.2 Å². The van der Waals surface area contributed by atoms with Gasteiger partial charge in [-0.15, -0.1) is 11.3 Å². The molecule has 0 saturated heterocycles. The SMILES string of the molecule is CC1Oc2ccc(-c3csc(-c4ccccn4)n3)cc2N(Cc2ccc([N+](=O)[O-])cc2)C1=O. The molecule has 1 atom stereocenters. The number of benzene rings is 2. The maximum Gasteiger partial charge on any atom is 0.269 e. The molecule has 164 valence electrons. The molecule has 0 aliphatic carbocycles. The Bertz CT molecular complexity index is 1340. The Balaban J connectivity index is 1.48. The van der Waals surface area contributed by atoms with Crippen LogP contribution in [0.4, 0.5) is 11.4 Å². The lowest BCUT2D eigenvalue weighted by Crippen LogP contribution is -2.44. The number of pyridine rings is 1. The molecule has 2 aromatic carbocycles. The van der Waals surface area contributed by atoms with Gasteiger partial charge in [0.15, 0.2) is 6.10 Å². The van der Waals surface area contributed by atoms with Crippen LogP contribution in [0.15, 0.2) is 72.2 Å². The summed E-state index contributed by atoms with van der Waals surface area (Å²) in [6.45, 7) is 1.98. The summed E-state index contributed by atoms with van der Waals surface area (Å²) in [7, 11) is 0. The summed E-state index contributed by atoms with van der Waals surface area (Å²) in [6, 6.07) is 17.5. The number of nitro groups is 1. The van der Waals surface area contributed by atoms with E-state index in [0.29, 0.717) is 11.4 Å². The van der Waals surface area contributed by atoms with Crippen molar-refractivity contribution in [3.8, 4) is 27.7 Å². The number of hydrogen-bond acceptors (Lipinski definition) is 7. The molecule has 8 nitrogen and oxygen atoms in total.